The molecule has 0 aliphatic heterocycles. The molecule has 200 valence electrons. The maximum absolute atomic E-state index is 13.9. The zero-order valence-corrected chi connectivity index (χ0v) is 22.8. The average Bonchev–Trinajstić information content (AvgIpc) is 2.89. The van der Waals surface area contributed by atoms with Gasteiger partial charge >= 0.3 is 6.09 Å². The van der Waals surface area contributed by atoms with E-state index in [4.69, 9.17) is 10.5 Å². The van der Waals surface area contributed by atoms with Crippen molar-refractivity contribution >= 4 is 17.9 Å². The molecule has 0 unspecified atom stereocenters. The van der Waals surface area contributed by atoms with Gasteiger partial charge in [-0.25, -0.2) is 4.79 Å². The van der Waals surface area contributed by atoms with Crippen molar-refractivity contribution in [2.45, 2.75) is 51.3 Å². The van der Waals surface area contributed by atoms with Crippen molar-refractivity contribution < 1.29 is 19.1 Å². The van der Waals surface area contributed by atoms with Gasteiger partial charge in [-0.3, -0.25) is 14.5 Å². The van der Waals surface area contributed by atoms with Gasteiger partial charge in [-0.05, 0) is 43.0 Å². The third-order valence-electron chi connectivity index (χ3n) is 6.34. The monoisotopic (exact) mass is 515 g/mol. The van der Waals surface area contributed by atoms with Gasteiger partial charge in [-0.2, -0.15) is 0 Å². The van der Waals surface area contributed by atoms with Crippen LogP contribution in [0.3, 0.4) is 0 Å². The number of hydrogen-bond acceptors (Lipinski definition) is 4. The molecule has 0 spiro atoms. The lowest BCUT2D eigenvalue weighted by molar-refractivity contribution is -0.141. The van der Waals surface area contributed by atoms with Crippen LogP contribution in [0.25, 0.3) is 11.1 Å². The minimum Gasteiger partial charge on any atom is -0.444 e. The quantitative estimate of drug-likeness (QED) is 0.448. The van der Waals surface area contributed by atoms with Gasteiger partial charge < -0.3 is 15.4 Å². The van der Waals surface area contributed by atoms with Crippen LogP contribution in [-0.4, -0.2) is 59.5 Å². The van der Waals surface area contributed by atoms with Gasteiger partial charge in [-0.1, -0.05) is 84.9 Å². The van der Waals surface area contributed by atoms with Crippen LogP contribution in [0, 0.1) is 0 Å². The predicted octanol–water partition coefficient (Wildman–Crippen LogP) is 4.69. The summed E-state index contributed by atoms with van der Waals surface area (Å²) in [4.78, 5) is 41.9. The second kappa shape index (κ2) is 12.4. The van der Waals surface area contributed by atoms with Gasteiger partial charge in [-0.15, -0.1) is 0 Å². The number of ether oxygens (including phenoxy) is 1. The lowest BCUT2D eigenvalue weighted by Gasteiger charge is -2.34. The molecule has 0 bridgehead atoms. The van der Waals surface area contributed by atoms with Crippen LogP contribution < -0.4 is 5.73 Å². The molecule has 3 rings (SSSR count). The molecular weight excluding hydrogens is 478 g/mol. The number of likely N-dealkylation sites (N-methyl/N-ethyl adjacent to an activating group) is 2. The zero-order chi connectivity index (χ0) is 27.9. The predicted molar refractivity (Wildman–Crippen MR) is 149 cm³/mol. The molecule has 7 heteroatoms. The van der Waals surface area contributed by atoms with Crippen LogP contribution in [0.15, 0.2) is 84.9 Å². The fraction of sp³-hybridized carbons (Fsp3) is 0.323. The van der Waals surface area contributed by atoms with Gasteiger partial charge in [0.25, 0.3) is 0 Å². The van der Waals surface area contributed by atoms with Crippen molar-refractivity contribution in [3.63, 3.8) is 0 Å². The number of benzene rings is 3. The van der Waals surface area contributed by atoms with E-state index < -0.39 is 35.6 Å². The number of primary amides is 1. The van der Waals surface area contributed by atoms with Crippen LogP contribution in [0.1, 0.15) is 31.9 Å². The maximum atomic E-state index is 13.9. The van der Waals surface area contributed by atoms with E-state index >= 15 is 0 Å². The maximum Gasteiger partial charge on any atom is 0.410 e. The van der Waals surface area contributed by atoms with Gasteiger partial charge in [0.2, 0.25) is 11.8 Å². The molecule has 0 aliphatic rings. The molecule has 7 nitrogen and oxygen atoms in total. The summed E-state index contributed by atoms with van der Waals surface area (Å²) in [6, 6.07) is 25.5. The molecule has 3 aromatic rings. The topological polar surface area (TPSA) is 92.9 Å². The van der Waals surface area contributed by atoms with Crippen molar-refractivity contribution in [2.24, 2.45) is 5.73 Å². The van der Waals surface area contributed by atoms with E-state index in [1.807, 2.05) is 84.9 Å². The number of rotatable bonds is 9. The lowest BCUT2D eigenvalue weighted by Crippen LogP contribution is -2.55. The second-order valence-electron chi connectivity index (χ2n) is 10.4. The molecule has 0 aromatic heterocycles. The summed E-state index contributed by atoms with van der Waals surface area (Å²) in [6.45, 7) is 5.31. The Morgan fingerprint density at radius 3 is 1.71 bits per heavy atom. The van der Waals surface area contributed by atoms with Crippen LogP contribution >= 0.6 is 0 Å². The summed E-state index contributed by atoms with van der Waals surface area (Å²) >= 11 is 0. The minimum absolute atomic E-state index is 0.241. The first kappa shape index (κ1) is 28.4. The molecule has 38 heavy (non-hydrogen) atoms. The summed E-state index contributed by atoms with van der Waals surface area (Å²) in [5.41, 5.74) is 8.88. The van der Waals surface area contributed by atoms with E-state index in [2.05, 4.69) is 0 Å². The molecule has 2 N–H and O–H groups in total. The highest BCUT2D eigenvalue weighted by atomic mass is 16.6. The molecule has 0 heterocycles. The highest BCUT2D eigenvalue weighted by Gasteiger charge is 2.36. The van der Waals surface area contributed by atoms with Gasteiger partial charge in [0.05, 0.1) is 0 Å². The second-order valence-corrected chi connectivity index (χ2v) is 10.4. The first-order chi connectivity index (χ1) is 18.0. The lowest BCUT2D eigenvalue weighted by atomic mass is 9.98. The van der Waals surface area contributed by atoms with E-state index in [0.29, 0.717) is 0 Å². The SMILES string of the molecule is CN(C(=O)OC(C)(C)C)[C@H](Cc1ccc(-c2ccccc2)cc1)C(=O)N(C)[C@H](Cc1ccccc1)C(N)=O. The van der Waals surface area contributed by atoms with Crippen LogP contribution in [0.4, 0.5) is 4.79 Å². The molecule has 2 atom stereocenters. The molecule has 0 saturated heterocycles. The number of carbonyl (C=O) groups is 3. The Bertz CT molecular complexity index is 1220. The average molecular weight is 516 g/mol. The van der Waals surface area contributed by atoms with Crippen LogP contribution in [0.5, 0.6) is 0 Å². The van der Waals surface area contributed by atoms with Crippen molar-refractivity contribution in [3.05, 3.63) is 96.1 Å². The molecule has 0 radical (unpaired) electrons. The zero-order valence-electron chi connectivity index (χ0n) is 22.8. The fourth-order valence-corrected chi connectivity index (χ4v) is 4.19. The third-order valence-corrected chi connectivity index (χ3v) is 6.34. The van der Waals surface area contributed by atoms with Gasteiger partial charge in [0.15, 0.2) is 0 Å². The molecule has 3 amide bonds. The summed E-state index contributed by atoms with van der Waals surface area (Å²) in [5.74, 6) is -1.01. The molecular formula is C31H37N3O4. The van der Waals surface area contributed by atoms with Gasteiger partial charge in [0.1, 0.15) is 17.7 Å². The molecule has 3 aromatic carbocycles. The number of carbonyl (C=O) groups excluding carboxylic acids is 3. The number of nitrogens with two attached hydrogens (primary N) is 1. The largest absolute Gasteiger partial charge is 0.444 e. The first-order valence-corrected chi connectivity index (χ1v) is 12.7. The molecule has 0 aliphatic carbocycles. The number of nitrogens with zero attached hydrogens (tertiary/aromatic N) is 2. The minimum atomic E-state index is -0.907. The Hall–Kier alpha value is -4.13. The highest BCUT2D eigenvalue weighted by Crippen LogP contribution is 2.22. The van der Waals surface area contributed by atoms with Crippen molar-refractivity contribution in [3.8, 4) is 11.1 Å². The Labute approximate surface area is 225 Å². The summed E-state index contributed by atoms with van der Waals surface area (Å²) in [5, 5.41) is 0. The van der Waals surface area contributed by atoms with E-state index in [1.165, 1.54) is 9.80 Å². The first-order valence-electron chi connectivity index (χ1n) is 12.7. The molecule has 0 fully saturated rings. The fourth-order valence-electron chi connectivity index (χ4n) is 4.19. The van der Waals surface area contributed by atoms with Crippen molar-refractivity contribution in [1.82, 2.24) is 9.80 Å². The Balaban J connectivity index is 1.88. The summed E-state index contributed by atoms with van der Waals surface area (Å²) in [6.07, 6.45) is -0.110. The summed E-state index contributed by atoms with van der Waals surface area (Å²) in [7, 11) is 3.09. The van der Waals surface area contributed by atoms with E-state index in [9.17, 15) is 14.4 Å². The smallest absolute Gasteiger partial charge is 0.410 e. The Morgan fingerprint density at radius 2 is 1.18 bits per heavy atom. The summed E-state index contributed by atoms with van der Waals surface area (Å²) < 4.78 is 5.55. The van der Waals surface area contributed by atoms with Crippen LogP contribution in [0.2, 0.25) is 0 Å². The highest BCUT2D eigenvalue weighted by molar-refractivity contribution is 5.91. The molecule has 0 saturated carbocycles. The Kier molecular flexibility index (Phi) is 9.29. The standard InChI is InChI=1S/C31H37N3O4/c1-31(2,3)38-30(37)34(5)27(21-23-16-18-25(19-17-23)24-14-10-7-11-15-24)29(36)33(4)26(28(32)35)20-22-12-8-6-9-13-22/h6-19,26-27H,20-21H2,1-5H3,(H2,32,35)/t26-,27-/m1/s1. The van der Waals surface area contributed by atoms with Crippen molar-refractivity contribution in [2.75, 3.05) is 14.1 Å². The van der Waals surface area contributed by atoms with Gasteiger partial charge in [0, 0.05) is 26.9 Å². The van der Waals surface area contributed by atoms with E-state index in [-0.39, 0.29) is 12.8 Å². The normalized spacial score (nSPS) is 12.8. The third kappa shape index (κ3) is 7.68. The van der Waals surface area contributed by atoms with Crippen molar-refractivity contribution in [1.29, 1.82) is 0 Å². The number of amides is 3. The van der Waals surface area contributed by atoms with E-state index in [1.54, 1.807) is 34.9 Å². The Morgan fingerprint density at radius 1 is 0.711 bits per heavy atom. The number of hydrogen-bond donors (Lipinski definition) is 1. The van der Waals surface area contributed by atoms with Crippen LogP contribution in [-0.2, 0) is 27.2 Å². The van der Waals surface area contributed by atoms with E-state index in [0.717, 1.165) is 22.3 Å².